The van der Waals surface area contributed by atoms with Crippen LogP contribution in [0.15, 0.2) is 116 Å². The standard InChI is InChI=1S/C43H47N7O2/c1-46-22-24-48(25-23-46)43-41(42(44)51)40(39-13-7-9-34-8-5-6-12-38(34)39)30-49(43)29-35-26-45-31-50(35)28-33-18-20-47(21-19-33)27-32-14-16-37(17-15-32)52-36-10-3-2-4-11-36/h2-17,26,30-31,33H,18-25,27-29H2,1H3,(H2,44,51). The molecule has 4 heterocycles. The fourth-order valence-corrected chi connectivity index (χ4v) is 7.90. The highest BCUT2D eigenvalue weighted by atomic mass is 16.5. The van der Waals surface area contributed by atoms with Crippen LogP contribution < -0.4 is 15.4 Å². The second-order valence-electron chi connectivity index (χ2n) is 14.4. The van der Waals surface area contributed by atoms with Crippen LogP contribution in [-0.4, -0.2) is 76.1 Å². The van der Waals surface area contributed by atoms with Crippen molar-refractivity contribution >= 4 is 22.5 Å². The van der Waals surface area contributed by atoms with E-state index in [-0.39, 0.29) is 0 Å². The first-order valence-electron chi connectivity index (χ1n) is 18.5. The fourth-order valence-electron chi connectivity index (χ4n) is 7.90. The Kier molecular flexibility index (Phi) is 9.78. The summed E-state index contributed by atoms with van der Waals surface area (Å²) in [5, 5.41) is 2.25. The number of likely N-dealkylation sites (N-methyl/N-ethyl adjacent to an activating group) is 1. The summed E-state index contributed by atoms with van der Waals surface area (Å²) in [6.45, 7) is 8.14. The summed E-state index contributed by atoms with van der Waals surface area (Å²) in [4.78, 5) is 25.2. The first-order chi connectivity index (χ1) is 25.5. The van der Waals surface area contributed by atoms with Gasteiger partial charge in [-0.15, -0.1) is 0 Å². The van der Waals surface area contributed by atoms with E-state index in [1.165, 1.54) is 5.56 Å². The highest BCUT2D eigenvalue weighted by molar-refractivity contribution is 6.09. The molecule has 9 heteroatoms. The fraction of sp³-hybridized carbons (Fsp3) is 0.302. The number of hydrogen-bond donors (Lipinski definition) is 1. The smallest absolute Gasteiger partial charge is 0.253 e. The van der Waals surface area contributed by atoms with Crippen molar-refractivity contribution in [2.24, 2.45) is 11.7 Å². The van der Waals surface area contributed by atoms with Crippen molar-refractivity contribution in [2.45, 2.75) is 32.5 Å². The molecule has 1 amide bonds. The number of carbonyl (C=O) groups is 1. The van der Waals surface area contributed by atoms with E-state index >= 15 is 0 Å². The van der Waals surface area contributed by atoms with Crippen LogP contribution in [0.2, 0.25) is 0 Å². The summed E-state index contributed by atoms with van der Waals surface area (Å²) in [5.41, 5.74) is 11.2. The number of aromatic nitrogens is 3. The number of primary amides is 1. The number of amides is 1. The molecule has 2 aliphatic heterocycles. The lowest BCUT2D eigenvalue weighted by Crippen LogP contribution is -2.45. The topological polar surface area (TPSA) is 84.8 Å². The number of piperidine rings is 1. The highest BCUT2D eigenvalue weighted by Gasteiger charge is 2.29. The summed E-state index contributed by atoms with van der Waals surface area (Å²) >= 11 is 0. The van der Waals surface area contributed by atoms with Crippen LogP contribution in [0.1, 0.15) is 34.5 Å². The molecule has 0 unspecified atom stereocenters. The number of imidazole rings is 1. The third-order valence-corrected chi connectivity index (χ3v) is 10.8. The van der Waals surface area contributed by atoms with E-state index in [9.17, 15) is 4.79 Å². The third kappa shape index (κ3) is 7.33. The minimum Gasteiger partial charge on any atom is -0.457 e. The van der Waals surface area contributed by atoms with Crippen molar-refractivity contribution in [3.63, 3.8) is 0 Å². The largest absolute Gasteiger partial charge is 0.457 e. The second-order valence-corrected chi connectivity index (χ2v) is 14.4. The number of benzene rings is 4. The molecule has 9 nitrogen and oxygen atoms in total. The number of piperazine rings is 1. The van der Waals surface area contributed by atoms with E-state index in [1.807, 2.05) is 42.9 Å². The monoisotopic (exact) mass is 693 g/mol. The van der Waals surface area contributed by atoms with Crippen molar-refractivity contribution in [2.75, 3.05) is 51.2 Å². The molecule has 0 radical (unpaired) electrons. The normalized spacial score (nSPS) is 16.1. The Labute approximate surface area is 305 Å². The number of likely N-dealkylation sites (tertiary alicyclic amines) is 1. The van der Waals surface area contributed by atoms with E-state index in [0.717, 1.165) is 110 Å². The van der Waals surface area contributed by atoms with Gasteiger partial charge in [-0.2, -0.15) is 0 Å². The number of ether oxygens (including phenoxy) is 1. The number of anilines is 1. The number of nitrogens with zero attached hydrogens (tertiary/aromatic N) is 6. The number of para-hydroxylation sites is 1. The van der Waals surface area contributed by atoms with Gasteiger partial charge in [-0.1, -0.05) is 72.8 Å². The molecule has 4 aromatic carbocycles. The molecular formula is C43H47N7O2. The Balaban J connectivity index is 0.978. The molecule has 2 saturated heterocycles. The van der Waals surface area contributed by atoms with Crippen LogP contribution >= 0.6 is 0 Å². The first kappa shape index (κ1) is 33.7. The average Bonchev–Trinajstić information content (AvgIpc) is 3.78. The zero-order valence-electron chi connectivity index (χ0n) is 29.9. The predicted molar refractivity (Wildman–Crippen MR) is 208 cm³/mol. The Bertz CT molecular complexity index is 2120. The molecule has 0 bridgehead atoms. The second kappa shape index (κ2) is 15.1. The lowest BCUT2D eigenvalue weighted by atomic mass is 9.96. The van der Waals surface area contributed by atoms with Crippen molar-refractivity contribution < 1.29 is 9.53 Å². The van der Waals surface area contributed by atoms with E-state index in [0.29, 0.717) is 18.0 Å². The maximum absolute atomic E-state index is 13.4. The Morgan fingerprint density at radius 2 is 1.48 bits per heavy atom. The molecule has 2 fully saturated rings. The lowest BCUT2D eigenvalue weighted by molar-refractivity contribution is 0.100. The number of carbonyl (C=O) groups excluding carboxylic acids is 1. The predicted octanol–water partition coefficient (Wildman–Crippen LogP) is 7.11. The zero-order chi connectivity index (χ0) is 35.4. The maximum Gasteiger partial charge on any atom is 0.253 e. The highest BCUT2D eigenvalue weighted by Crippen LogP contribution is 2.38. The Morgan fingerprint density at radius 3 is 2.25 bits per heavy atom. The summed E-state index contributed by atoms with van der Waals surface area (Å²) < 4.78 is 10.5. The van der Waals surface area contributed by atoms with Crippen LogP contribution in [-0.2, 0) is 19.6 Å². The number of hydrogen-bond acceptors (Lipinski definition) is 6. The summed E-state index contributed by atoms with van der Waals surface area (Å²) in [6, 6.07) is 33.0. The number of rotatable bonds is 11. The Hall–Kier alpha value is -5.38. The van der Waals surface area contributed by atoms with E-state index in [4.69, 9.17) is 10.5 Å². The van der Waals surface area contributed by atoms with Gasteiger partial charge in [0.15, 0.2) is 0 Å². The van der Waals surface area contributed by atoms with Crippen molar-refractivity contribution in [3.8, 4) is 22.6 Å². The van der Waals surface area contributed by atoms with Gasteiger partial charge in [0, 0.05) is 57.2 Å². The molecular weight excluding hydrogens is 647 g/mol. The molecule has 0 aliphatic carbocycles. The molecule has 266 valence electrons. The molecule has 0 spiro atoms. The minimum atomic E-state index is -0.396. The quantitative estimate of drug-likeness (QED) is 0.156. The molecule has 2 N–H and O–H groups in total. The van der Waals surface area contributed by atoms with E-state index in [2.05, 4.69) is 109 Å². The van der Waals surface area contributed by atoms with Crippen LogP contribution in [0.4, 0.5) is 5.82 Å². The van der Waals surface area contributed by atoms with Crippen molar-refractivity contribution in [1.29, 1.82) is 0 Å². The molecule has 6 aromatic rings. The van der Waals surface area contributed by atoms with Gasteiger partial charge in [0.2, 0.25) is 0 Å². The maximum atomic E-state index is 13.4. The third-order valence-electron chi connectivity index (χ3n) is 10.8. The van der Waals surface area contributed by atoms with Crippen molar-refractivity contribution in [3.05, 3.63) is 133 Å². The molecule has 0 atom stereocenters. The molecule has 0 saturated carbocycles. The van der Waals surface area contributed by atoms with Gasteiger partial charge < -0.3 is 29.4 Å². The molecule has 8 rings (SSSR count). The van der Waals surface area contributed by atoms with Crippen LogP contribution in [0.3, 0.4) is 0 Å². The van der Waals surface area contributed by atoms with Gasteiger partial charge in [0.1, 0.15) is 17.3 Å². The Morgan fingerprint density at radius 1 is 0.769 bits per heavy atom. The number of nitrogens with two attached hydrogens (primary N) is 1. The molecule has 2 aromatic heterocycles. The molecule has 52 heavy (non-hydrogen) atoms. The van der Waals surface area contributed by atoms with Gasteiger partial charge in [0.05, 0.1) is 24.1 Å². The van der Waals surface area contributed by atoms with Crippen LogP contribution in [0.5, 0.6) is 11.5 Å². The number of fused-ring (bicyclic) bond motifs is 1. The van der Waals surface area contributed by atoms with Gasteiger partial charge >= 0.3 is 0 Å². The zero-order valence-corrected chi connectivity index (χ0v) is 29.9. The SMILES string of the molecule is CN1CCN(c2c(C(N)=O)c(-c3cccc4ccccc34)cn2Cc2cncn2CC2CCN(Cc3ccc(Oc4ccccc4)cc3)CC2)CC1. The first-order valence-corrected chi connectivity index (χ1v) is 18.5. The summed E-state index contributed by atoms with van der Waals surface area (Å²) in [7, 11) is 2.15. The van der Waals surface area contributed by atoms with Gasteiger partial charge in [-0.25, -0.2) is 4.98 Å². The van der Waals surface area contributed by atoms with Gasteiger partial charge in [-0.3, -0.25) is 9.69 Å². The van der Waals surface area contributed by atoms with Gasteiger partial charge in [0.25, 0.3) is 5.91 Å². The van der Waals surface area contributed by atoms with Gasteiger partial charge in [-0.05, 0) is 85.1 Å². The van der Waals surface area contributed by atoms with E-state index < -0.39 is 5.91 Å². The summed E-state index contributed by atoms with van der Waals surface area (Å²) in [6.07, 6.45) is 8.38. The van der Waals surface area contributed by atoms with Crippen LogP contribution in [0, 0.1) is 5.92 Å². The lowest BCUT2D eigenvalue weighted by Gasteiger charge is -2.35. The minimum absolute atomic E-state index is 0.396. The summed E-state index contributed by atoms with van der Waals surface area (Å²) in [5.74, 6) is 2.79. The van der Waals surface area contributed by atoms with E-state index in [1.54, 1.807) is 0 Å². The molecule has 2 aliphatic rings. The average molecular weight is 694 g/mol. The van der Waals surface area contributed by atoms with Crippen molar-refractivity contribution in [1.82, 2.24) is 23.9 Å². The van der Waals surface area contributed by atoms with Crippen LogP contribution in [0.25, 0.3) is 21.9 Å².